The van der Waals surface area contributed by atoms with E-state index < -0.39 is 58.4 Å². The Hall–Kier alpha value is -1.37. The van der Waals surface area contributed by atoms with Crippen LogP contribution in [-0.4, -0.2) is 65.4 Å². The molecule has 26 heavy (non-hydrogen) atoms. The van der Waals surface area contributed by atoms with Crippen LogP contribution in [0.1, 0.15) is 12.7 Å². The Kier molecular flexibility index (Phi) is 7.86. The van der Waals surface area contributed by atoms with Gasteiger partial charge in [-0.15, -0.1) is 0 Å². The Morgan fingerprint density at radius 3 is 2.38 bits per heavy atom. The number of methoxy groups -OCH3 is 2. The molecule has 0 unspecified atom stereocenters. The molecule has 1 aromatic rings. The van der Waals surface area contributed by atoms with Gasteiger partial charge in [0.1, 0.15) is 6.10 Å². The second kappa shape index (κ2) is 9.02. The molecule has 150 valence electrons. The highest BCUT2D eigenvalue weighted by molar-refractivity contribution is 7.97. The zero-order valence-corrected chi connectivity index (χ0v) is 15.7. The number of sulfone groups is 1. The third-order valence-electron chi connectivity index (χ3n) is 3.41. The normalized spacial score (nSPS) is 16.2. The summed E-state index contributed by atoms with van der Waals surface area (Å²) >= 11 is 0. The molecule has 11 nitrogen and oxygen atoms in total. The van der Waals surface area contributed by atoms with Gasteiger partial charge in [-0.2, -0.15) is 0 Å². The van der Waals surface area contributed by atoms with E-state index >= 15 is 0 Å². The number of rotatable bonds is 10. The Labute approximate surface area is 147 Å². The minimum atomic E-state index is -4.78. The van der Waals surface area contributed by atoms with E-state index in [9.17, 15) is 27.0 Å². The fourth-order valence-corrected chi connectivity index (χ4v) is 5.41. The number of ether oxygens (including phenoxy) is 2. The monoisotopic (exact) mass is 418 g/mol. The lowest BCUT2D eigenvalue weighted by molar-refractivity contribution is -0.0943. The van der Waals surface area contributed by atoms with Crippen LogP contribution in [0.25, 0.3) is 0 Å². The van der Waals surface area contributed by atoms with Gasteiger partial charge in [0, 0.05) is 26.5 Å². The molecular formula is C12H20FN2O9PS. The molecule has 0 aliphatic rings. The van der Waals surface area contributed by atoms with Crippen LogP contribution in [0.4, 0.5) is 4.39 Å². The van der Waals surface area contributed by atoms with Crippen molar-refractivity contribution in [2.24, 2.45) is 0 Å². The summed E-state index contributed by atoms with van der Waals surface area (Å²) in [6.07, 6.45) is -4.11. The molecule has 3 N–H and O–H groups in total. The first-order valence-corrected chi connectivity index (χ1v) is 10.8. The molecule has 14 heteroatoms. The van der Waals surface area contributed by atoms with Crippen molar-refractivity contribution in [3.63, 3.8) is 0 Å². The van der Waals surface area contributed by atoms with Crippen molar-refractivity contribution < 1.29 is 36.6 Å². The lowest BCUT2D eigenvalue weighted by atomic mass is 10.1. The van der Waals surface area contributed by atoms with Crippen molar-refractivity contribution >= 4 is 17.4 Å². The van der Waals surface area contributed by atoms with Gasteiger partial charge in [-0.1, -0.05) is 0 Å². The van der Waals surface area contributed by atoms with Gasteiger partial charge >= 0.3 is 13.3 Å². The Morgan fingerprint density at radius 1 is 1.31 bits per heavy atom. The van der Waals surface area contributed by atoms with Crippen LogP contribution in [0.2, 0.25) is 0 Å². The largest absolute Gasteiger partial charge is 0.379 e. The SMILES string of the molecule is CO[C@@H]([C@@H](F)n1ccc(=O)[nH]c1=O)[C@@H](CCS(=O)(=O)CP(=O)(O)O)OC. The van der Waals surface area contributed by atoms with Gasteiger partial charge in [0.05, 0.1) is 11.9 Å². The van der Waals surface area contributed by atoms with Gasteiger partial charge in [0.15, 0.2) is 15.3 Å². The standard InChI is InChI=1S/C12H20FN2O9PS/c1-23-8(4-6-26(21,22)7-25(18,19)20)10(24-2)11(13)15-5-3-9(16)14-12(15)17/h3,5,8,10-11H,4,6-7H2,1-2H3,(H,14,16,17)(H2,18,19,20)/t8-,10-,11+/m1/s1. The molecule has 0 aliphatic heterocycles. The molecule has 0 aromatic carbocycles. The Bertz CT molecular complexity index is 862. The molecule has 1 rings (SSSR count). The molecule has 0 amide bonds. The highest BCUT2D eigenvalue weighted by atomic mass is 32.2. The molecular weight excluding hydrogens is 398 g/mol. The van der Waals surface area contributed by atoms with Crippen LogP contribution in [-0.2, 0) is 23.9 Å². The van der Waals surface area contributed by atoms with Crippen molar-refractivity contribution in [1.29, 1.82) is 0 Å². The fourth-order valence-electron chi connectivity index (χ4n) is 2.25. The topological polar surface area (TPSA) is 165 Å². The van der Waals surface area contributed by atoms with E-state index in [1.807, 2.05) is 4.98 Å². The van der Waals surface area contributed by atoms with Crippen molar-refractivity contribution in [3.05, 3.63) is 33.1 Å². The number of nitrogens with zero attached hydrogens (tertiary/aromatic N) is 1. The zero-order valence-electron chi connectivity index (χ0n) is 13.9. The van der Waals surface area contributed by atoms with Crippen LogP contribution < -0.4 is 11.2 Å². The van der Waals surface area contributed by atoms with E-state index in [0.29, 0.717) is 4.57 Å². The molecule has 0 fully saturated rings. The maximum absolute atomic E-state index is 14.7. The third-order valence-corrected chi connectivity index (χ3v) is 7.18. The second-order valence-corrected chi connectivity index (χ2v) is 9.65. The number of aromatic nitrogens is 2. The maximum atomic E-state index is 14.7. The molecule has 3 atom stereocenters. The highest BCUT2D eigenvalue weighted by Gasteiger charge is 2.34. The third kappa shape index (κ3) is 6.74. The molecule has 0 saturated heterocycles. The maximum Gasteiger partial charge on any atom is 0.340 e. The summed E-state index contributed by atoms with van der Waals surface area (Å²) in [5, 5.41) is 0. The number of aromatic amines is 1. The first-order valence-electron chi connectivity index (χ1n) is 7.16. The Balaban J connectivity index is 2.96. The summed E-state index contributed by atoms with van der Waals surface area (Å²) in [7, 11) is -6.63. The molecule has 0 spiro atoms. The number of nitrogens with one attached hydrogen (secondary N) is 1. The fraction of sp³-hybridized carbons (Fsp3) is 0.667. The molecule has 1 heterocycles. The van der Waals surface area contributed by atoms with Crippen LogP contribution in [0.5, 0.6) is 0 Å². The first-order chi connectivity index (χ1) is 11.9. The van der Waals surface area contributed by atoms with E-state index in [1.54, 1.807) is 0 Å². The molecule has 0 bridgehead atoms. The van der Waals surface area contributed by atoms with Crippen LogP contribution in [0.15, 0.2) is 21.9 Å². The predicted octanol–water partition coefficient (Wildman–Crippen LogP) is -1.03. The van der Waals surface area contributed by atoms with Crippen LogP contribution in [0, 0.1) is 0 Å². The minimum Gasteiger partial charge on any atom is -0.379 e. The second-order valence-electron chi connectivity index (χ2n) is 5.39. The van der Waals surface area contributed by atoms with Gasteiger partial charge in [-0.3, -0.25) is 18.9 Å². The number of hydrogen-bond acceptors (Lipinski definition) is 7. The number of H-pyrrole nitrogens is 1. The molecule has 0 radical (unpaired) electrons. The number of alkyl halides is 1. The summed E-state index contributed by atoms with van der Waals surface area (Å²) in [4.78, 5) is 42.1. The van der Waals surface area contributed by atoms with Gasteiger partial charge in [-0.25, -0.2) is 17.6 Å². The van der Waals surface area contributed by atoms with E-state index in [2.05, 4.69) is 0 Å². The predicted molar refractivity (Wildman–Crippen MR) is 88.4 cm³/mol. The lowest BCUT2D eigenvalue weighted by Gasteiger charge is -2.28. The summed E-state index contributed by atoms with van der Waals surface area (Å²) in [5.41, 5.74) is -3.10. The zero-order chi connectivity index (χ0) is 20.1. The van der Waals surface area contributed by atoms with E-state index in [4.69, 9.17) is 19.3 Å². The van der Waals surface area contributed by atoms with E-state index in [0.717, 1.165) is 26.5 Å². The van der Waals surface area contributed by atoms with Crippen molar-refractivity contribution in [2.45, 2.75) is 24.9 Å². The summed E-state index contributed by atoms with van der Waals surface area (Å²) < 4.78 is 59.5. The highest BCUT2D eigenvalue weighted by Crippen LogP contribution is 2.36. The van der Waals surface area contributed by atoms with Gasteiger partial charge in [0.25, 0.3) is 5.56 Å². The van der Waals surface area contributed by atoms with Gasteiger partial charge < -0.3 is 19.3 Å². The van der Waals surface area contributed by atoms with Gasteiger partial charge in [-0.05, 0) is 6.42 Å². The Morgan fingerprint density at radius 2 is 1.92 bits per heavy atom. The van der Waals surface area contributed by atoms with Crippen molar-refractivity contribution in [2.75, 3.05) is 25.5 Å². The molecule has 0 saturated carbocycles. The average molecular weight is 418 g/mol. The number of halogens is 1. The summed E-state index contributed by atoms with van der Waals surface area (Å²) in [6.45, 7) is 0. The van der Waals surface area contributed by atoms with E-state index in [1.165, 1.54) is 0 Å². The van der Waals surface area contributed by atoms with Crippen molar-refractivity contribution in [3.8, 4) is 0 Å². The summed E-state index contributed by atoms with van der Waals surface area (Å²) in [5.74, 6) is -0.691. The minimum absolute atomic E-state index is 0.337. The quantitative estimate of drug-likeness (QED) is 0.403. The van der Waals surface area contributed by atoms with Crippen LogP contribution >= 0.6 is 7.60 Å². The lowest BCUT2D eigenvalue weighted by Crippen LogP contribution is -2.42. The first kappa shape index (κ1) is 22.7. The van der Waals surface area contributed by atoms with Crippen LogP contribution in [0.3, 0.4) is 0 Å². The van der Waals surface area contributed by atoms with E-state index in [-0.39, 0.29) is 6.42 Å². The van der Waals surface area contributed by atoms with Crippen molar-refractivity contribution in [1.82, 2.24) is 9.55 Å². The summed E-state index contributed by atoms with van der Waals surface area (Å²) in [6, 6.07) is 0.924. The smallest absolute Gasteiger partial charge is 0.340 e. The molecule has 0 aliphatic carbocycles. The van der Waals surface area contributed by atoms with Gasteiger partial charge in [0.2, 0.25) is 6.30 Å². The number of hydrogen-bond donors (Lipinski definition) is 3. The average Bonchev–Trinajstić information content (AvgIpc) is 2.48. The molecule has 1 aromatic heterocycles.